The van der Waals surface area contributed by atoms with E-state index in [1.165, 1.54) is 47.4 Å². The number of hydrogen-bond donors (Lipinski definition) is 0. The van der Waals surface area contributed by atoms with Crippen LogP contribution in [0.5, 0.6) is 0 Å². The Hall–Kier alpha value is -0.166. The second-order valence-electron chi connectivity index (χ2n) is 7.30. The van der Waals surface area contributed by atoms with Gasteiger partial charge in [-0.15, -0.1) is 0 Å². The van der Waals surface area contributed by atoms with Crippen LogP contribution < -0.4 is 29.6 Å². The molecular weight excluding hydrogens is 357 g/mol. The predicted molar refractivity (Wildman–Crippen MR) is 117 cm³/mol. The van der Waals surface area contributed by atoms with Crippen molar-refractivity contribution in [2.75, 3.05) is 0 Å². The Balaban J connectivity index is 0.00000338. The first-order chi connectivity index (χ1) is 12.1. The van der Waals surface area contributed by atoms with Crippen LogP contribution in [0.3, 0.4) is 0 Å². The molecule has 2 rings (SSSR count). The van der Waals surface area contributed by atoms with E-state index in [4.69, 9.17) is 4.65 Å². The summed E-state index contributed by atoms with van der Waals surface area (Å²) in [6.07, 6.45) is 0. The zero-order chi connectivity index (χ0) is 18.2. The zero-order valence-corrected chi connectivity index (χ0v) is 21.5. The molecule has 0 N–H and O–H groups in total. The van der Waals surface area contributed by atoms with Gasteiger partial charge in [0.1, 0.15) is 0 Å². The van der Waals surface area contributed by atoms with Crippen LogP contribution in [-0.4, -0.2) is 16.5 Å². The van der Waals surface area contributed by atoms with Crippen molar-refractivity contribution >= 4 is 16.5 Å². The Kier molecular flexibility index (Phi) is 10.7. The molecule has 0 saturated carbocycles. The largest absolute Gasteiger partial charge is 1.00 e. The molecule has 0 saturated heterocycles. The van der Waals surface area contributed by atoms with Crippen LogP contribution in [0.1, 0.15) is 38.8 Å². The van der Waals surface area contributed by atoms with Crippen LogP contribution in [0.15, 0.2) is 60.7 Å². The second-order valence-corrected chi connectivity index (χ2v) is 16.6. The van der Waals surface area contributed by atoms with Crippen molar-refractivity contribution in [1.82, 2.24) is 0 Å². The molecule has 2 aromatic rings. The average Bonchev–Trinajstić information content (AvgIpc) is 2.68. The molecule has 0 spiro atoms. The van der Waals surface area contributed by atoms with Crippen molar-refractivity contribution in [3.63, 3.8) is 0 Å². The maximum absolute atomic E-state index is 5.88. The molecule has 0 atom stereocenters. The average molecular weight is 392 g/mol. The molecule has 136 valence electrons. The van der Waals surface area contributed by atoms with Crippen molar-refractivity contribution in [2.24, 2.45) is 0 Å². The van der Waals surface area contributed by atoms with Gasteiger partial charge in [0.05, 0.1) is 0 Å². The molecule has 0 aromatic heterocycles. The van der Waals surface area contributed by atoms with Gasteiger partial charge >= 0.3 is 29.6 Å². The molecule has 26 heavy (non-hydrogen) atoms. The summed E-state index contributed by atoms with van der Waals surface area (Å²) >= 11 is 0. The maximum Gasteiger partial charge on any atom is 1.00 e. The first kappa shape index (κ1) is 23.9. The first-order valence-electron chi connectivity index (χ1n) is 9.93. The Morgan fingerprint density at radius 2 is 0.885 bits per heavy atom. The van der Waals surface area contributed by atoms with E-state index < -0.39 is 16.5 Å². The summed E-state index contributed by atoms with van der Waals surface area (Å²) in [7, 11) is -3.26. The van der Waals surface area contributed by atoms with Crippen LogP contribution in [-0.2, 0) is 12.1 Å². The maximum atomic E-state index is 5.88. The van der Waals surface area contributed by atoms with Gasteiger partial charge in [-0.25, -0.2) is 0 Å². The van der Waals surface area contributed by atoms with E-state index in [1.807, 2.05) is 0 Å². The third-order valence-corrected chi connectivity index (χ3v) is 17.1. The second kappa shape index (κ2) is 11.6. The third kappa shape index (κ3) is 6.47. The summed E-state index contributed by atoms with van der Waals surface area (Å²) in [6, 6.07) is 29.6. The zero-order valence-electron chi connectivity index (χ0n) is 17.5. The summed E-state index contributed by atoms with van der Waals surface area (Å²) in [6.45, 7) is 9.54. The minimum absolute atomic E-state index is 0. The van der Waals surface area contributed by atoms with Gasteiger partial charge in [-0.05, 0) is 0 Å². The Morgan fingerprint density at radius 3 is 1.15 bits per heavy atom. The van der Waals surface area contributed by atoms with Gasteiger partial charge in [-0.1, -0.05) is 152 Å². The van der Waals surface area contributed by atoms with Gasteiger partial charge in [0.2, 0.25) is 0 Å². The summed E-state index contributed by atoms with van der Waals surface area (Å²) in [5.41, 5.74) is 2.97. The van der Waals surface area contributed by atoms with Crippen molar-refractivity contribution in [1.29, 1.82) is 0 Å². The van der Waals surface area contributed by atoms with Crippen LogP contribution in [0.4, 0.5) is 0 Å². The van der Waals surface area contributed by atoms with E-state index in [2.05, 4.69) is 88.4 Å². The number of rotatable bonds is 10. The Labute approximate surface area is 185 Å². The van der Waals surface area contributed by atoms with Gasteiger partial charge in [-0.2, -0.15) is 0 Å². The molecule has 0 aliphatic rings. The quantitative estimate of drug-likeness (QED) is 0.546. The summed E-state index contributed by atoms with van der Waals surface area (Å²) in [5, 5.41) is 0. The molecule has 0 amide bonds. The SMILES string of the molecule is CC[Si](CC)(Cc1ccccc1)[N-][Si](CC)(CC)Cc1ccccc1.[Na+]. The predicted octanol–water partition coefficient (Wildman–Crippen LogP) is 3.90. The molecule has 0 heterocycles. The fraction of sp³-hybridized carbons (Fsp3) is 0.455. The third-order valence-electron chi connectivity index (χ3n) is 5.86. The van der Waals surface area contributed by atoms with Crippen LogP contribution in [0.25, 0.3) is 4.65 Å². The summed E-state index contributed by atoms with van der Waals surface area (Å²) in [5.74, 6) is 0. The van der Waals surface area contributed by atoms with Crippen LogP contribution in [0.2, 0.25) is 24.2 Å². The normalized spacial score (nSPS) is 11.8. The minimum atomic E-state index is -1.63. The van der Waals surface area contributed by atoms with E-state index in [0.29, 0.717) is 0 Å². The van der Waals surface area contributed by atoms with Crippen molar-refractivity contribution in [3.8, 4) is 0 Å². The van der Waals surface area contributed by atoms with Crippen molar-refractivity contribution in [3.05, 3.63) is 76.4 Å². The van der Waals surface area contributed by atoms with Crippen molar-refractivity contribution < 1.29 is 29.6 Å². The molecule has 2 aromatic carbocycles. The number of nitrogens with zero attached hydrogens (tertiary/aromatic N) is 1. The number of hydrogen-bond acceptors (Lipinski definition) is 0. The number of benzene rings is 2. The molecule has 0 fully saturated rings. The molecule has 1 nitrogen and oxygen atoms in total. The molecule has 0 aliphatic carbocycles. The van der Waals surface area contributed by atoms with Crippen LogP contribution >= 0.6 is 0 Å². The van der Waals surface area contributed by atoms with Crippen molar-refractivity contribution in [2.45, 2.75) is 64.0 Å². The Morgan fingerprint density at radius 1 is 0.577 bits per heavy atom. The van der Waals surface area contributed by atoms with Crippen LogP contribution in [0, 0.1) is 0 Å². The monoisotopic (exact) mass is 391 g/mol. The smallest absolute Gasteiger partial charge is 0.666 e. The molecule has 0 bridgehead atoms. The fourth-order valence-electron chi connectivity index (χ4n) is 3.85. The van der Waals surface area contributed by atoms with E-state index >= 15 is 0 Å². The topological polar surface area (TPSA) is 14.1 Å². The van der Waals surface area contributed by atoms with E-state index in [9.17, 15) is 0 Å². The summed E-state index contributed by atoms with van der Waals surface area (Å²) < 4.78 is 5.88. The minimum Gasteiger partial charge on any atom is -0.666 e. The van der Waals surface area contributed by atoms with Gasteiger partial charge < -0.3 is 4.65 Å². The molecule has 0 radical (unpaired) electrons. The molecule has 0 aliphatic heterocycles. The van der Waals surface area contributed by atoms with Gasteiger partial charge in [0.15, 0.2) is 0 Å². The van der Waals surface area contributed by atoms with Gasteiger partial charge in [0, 0.05) is 0 Å². The fourth-order valence-corrected chi connectivity index (χ4v) is 15.0. The molecular formula is C22H34NNaSi2. The van der Waals surface area contributed by atoms with E-state index in [0.717, 1.165) is 0 Å². The van der Waals surface area contributed by atoms with E-state index in [-0.39, 0.29) is 29.6 Å². The summed E-state index contributed by atoms with van der Waals surface area (Å²) in [4.78, 5) is 0. The van der Waals surface area contributed by atoms with Gasteiger partial charge in [-0.3, -0.25) is 0 Å². The first-order valence-corrected chi connectivity index (χ1v) is 15.1. The Bertz CT molecular complexity index is 555. The van der Waals surface area contributed by atoms with Gasteiger partial charge in [0.25, 0.3) is 0 Å². The molecule has 4 heteroatoms. The standard InChI is InChI=1S/C22H34NSi2.Na/c1-5-24(6-2,19-21-15-11-9-12-16-21)23-25(7-3,8-4)20-22-17-13-10-14-18-22;/h9-18H,5-8,19-20H2,1-4H3;/q-1;+1. The van der Waals surface area contributed by atoms with E-state index in [1.54, 1.807) is 0 Å². The molecule has 0 unspecified atom stereocenters.